The van der Waals surface area contributed by atoms with Gasteiger partial charge in [0.2, 0.25) is 0 Å². The fourth-order valence-corrected chi connectivity index (χ4v) is 4.69. The molecule has 0 radical (unpaired) electrons. The lowest BCUT2D eigenvalue weighted by atomic mass is 9.83. The molecule has 2 saturated heterocycles. The second kappa shape index (κ2) is 6.58. The van der Waals surface area contributed by atoms with Crippen molar-refractivity contribution in [1.29, 1.82) is 0 Å². The average molecular weight is 350 g/mol. The van der Waals surface area contributed by atoms with Crippen molar-refractivity contribution in [3.63, 3.8) is 0 Å². The van der Waals surface area contributed by atoms with E-state index in [1.807, 2.05) is 19.3 Å². The predicted octanol–water partition coefficient (Wildman–Crippen LogP) is 2.41. The lowest BCUT2D eigenvalue weighted by Gasteiger charge is -2.26. The molecule has 2 aromatic rings. The summed E-state index contributed by atoms with van der Waals surface area (Å²) in [5, 5.41) is 0. The molecule has 3 aliphatic rings. The second-order valence-corrected chi connectivity index (χ2v) is 8.20. The summed E-state index contributed by atoms with van der Waals surface area (Å²) in [6, 6.07) is 2.24. The van der Waals surface area contributed by atoms with E-state index in [9.17, 15) is 0 Å². The van der Waals surface area contributed by atoms with Crippen molar-refractivity contribution in [2.45, 2.75) is 38.6 Å². The molecular formula is C20H26N6. The third-order valence-corrected chi connectivity index (χ3v) is 6.27. The molecule has 0 aromatic carbocycles. The summed E-state index contributed by atoms with van der Waals surface area (Å²) < 4.78 is 0. The maximum Gasteiger partial charge on any atom is 0.132 e. The Bertz CT molecular complexity index is 775. The first-order valence-electron chi connectivity index (χ1n) is 9.81. The molecule has 26 heavy (non-hydrogen) atoms. The van der Waals surface area contributed by atoms with Gasteiger partial charge in [0.05, 0.1) is 11.4 Å². The van der Waals surface area contributed by atoms with Crippen molar-refractivity contribution in [1.82, 2.24) is 24.8 Å². The second-order valence-electron chi connectivity index (χ2n) is 8.20. The lowest BCUT2D eigenvalue weighted by Crippen LogP contribution is -2.29. The topological polar surface area (TPSA) is 58.0 Å². The van der Waals surface area contributed by atoms with Gasteiger partial charge in [0.15, 0.2) is 0 Å². The first-order valence-corrected chi connectivity index (χ1v) is 9.81. The van der Waals surface area contributed by atoms with Gasteiger partial charge < -0.3 is 4.90 Å². The van der Waals surface area contributed by atoms with Crippen LogP contribution in [-0.4, -0.2) is 51.0 Å². The van der Waals surface area contributed by atoms with Gasteiger partial charge in [0.1, 0.15) is 12.1 Å². The molecule has 0 amide bonds. The molecule has 0 N–H and O–H groups in total. The van der Waals surface area contributed by atoms with Crippen LogP contribution in [0.25, 0.3) is 0 Å². The van der Waals surface area contributed by atoms with Gasteiger partial charge in [0, 0.05) is 62.8 Å². The molecule has 2 aromatic heterocycles. The van der Waals surface area contributed by atoms with Gasteiger partial charge in [-0.1, -0.05) is 6.42 Å². The summed E-state index contributed by atoms with van der Waals surface area (Å²) in [6.45, 7) is 7.45. The van der Waals surface area contributed by atoms with Crippen LogP contribution in [0.1, 0.15) is 42.3 Å². The standard InChI is InChI=1S/C20H26N6/c1-14-6-21-7-18(24-14)12-25-8-16-10-26(11-17(16)9-25)20-5-19(22-13-23-20)15-3-2-4-15/h5-7,13,15-17H,2-4,8-12H2,1H3. The summed E-state index contributed by atoms with van der Waals surface area (Å²) in [5.41, 5.74) is 3.33. The highest BCUT2D eigenvalue weighted by Gasteiger charge is 2.40. The molecule has 2 atom stereocenters. The van der Waals surface area contributed by atoms with Crippen LogP contribution < -0.4 is 4.90 Å². The summed E-state index contributed by atoms with van der Waals surface area (Å²) in [4.78, 5) is 23.0. The Morgan fingerprint density at radius 2 is 1.85 bits per heavy atom. The van der Waals surface area contributed by atoms with Gasteiger partial charge >= 0.3 is 0 Å². The molecule has 6 nitrogen and oxygen atoms in total. The third-order valence-electron chi connectivity index (χ3n) is 6.27. The van der Waals surface area contributed by atoms with E-state index in [0.29, 0.717) is 5.92 Å². The van der Waals surface area contributed by atoms with E-state index in [1.165, 1.54) is 25.0 Å². The lowest BCUT2D eigenvalue weighted by molar-refractivity contribution is 0.304. The SMILES string of the molecule is Cc1cncc(CN2CC3CN(c4cc(C5CCC5)ncn4)CC3C2)n1. The van der Waals surface area contributed by atoms with Crippen LogP contribution >= 0.6 is 0 Å². The van der Waals surface area contributed by atoms with E-state index >= 15 is 0 Å². The van der Waals surface area contributed by atoms with E-state index in [2.05, 4.69) is 35.8 Å². The molecule has 3 fully saturated rings. The molecule has 136 valence electrons. The minimum absolute atomic E-state index is 0.671. The number of hydrogen-bond donors (Lipinski definition) is 0. The fourth-order valence-electron chi connectivity index (χ4n) is 4.69. The predicted molar refractivity (Wildman–Crippen MR) is 99.9 cm³/mol. The smallest absolute Gasteiger partial charge is 0.132 e. The minimum Gasteiger partial charge on any atom is -0.356 e. The van der Waals surface area contributed by atoms with Crippen LogP contribution in [-0.2, 0) is 6.54 Å². The molecule has 1 saturated carbocycles. The molecule has 5 rings (SSSR count). The number of rotatable bonds is 4. The Hall–Kier alpha value is -2.08. The summed E-state index contributed by atoms with van der Waals surface area (Å²) in [6.07, 6.45) is 9.41. The van der Waals surface area contributed by atoms with Crippen molar-refractivity contribution in [3.05, 3.63) is 41.9 Å². The third kappa shape index (κ3) is 3.07. The maximum absolute atomic E-state index is 4.60. The Morgan fingerprint density at radius 1 is 1.04 bits per heavy atom. The number of nitrogens with zero attached hydrogens (tertiary/aromatic N) is 6. The van der Waals surface area contributed by atoms with Crippen molar-refractivity contribution in [2.75, 3.05) is 31.1 Å². The largest absolute Gasteiger partial charge is 0.356 e. The Kier molecular flexibility index (Phi) is 4.08. The van der Waals surface area contributed by atoms with Gasteiger partial charge in [-0.3, -0.25) is 14.9 Å². The van der Waals surface area contributed by atoms with Crippen LogP contribution in [0.2, 0.25) is 0 Å². The van der Waals surface area contributed by atoms with E-state index in [0.717, 1.165) is 61.8 Å². The van der Waals surface area contributed by atoms with Crippen LogP contribution in [0.5, 0.6) is 0 Å². The van der Waals surface area contributed by atoms with Gasteiger partial charge in [-0.2, -0.15) is 0 Å². The summed E-state index contributed by atoms with van der Waals surface area (Å²) in [5.74, 6) is 3.27. The van der Waals surface area contributed by atoms with Gasteiger partial charge in [-0.15, -0.1) is 0 Å². The van der Waals surface area contributed by atoms with Crippen molar-refractivity contribution in [2.24, 2.45) is 11.8 Å². The Morgan fingerprint density at radius 3 is 2.54 bits per heavy atom. The molecule has 2 unspecified atom stereocenters. The molecule has 6 heteroatoms. The summed E-state index contributed by atoms with van der Waals surface area (Å²) in [7, 11) is 0. The van der Waals surface area contributed by atoms with Crippen LogP contribution in [0.15, 0.2) is 24.8 Å². The molecule has 0 bridgehead atoms. The monoisotopic (exact) mass is 350 g/mol. The number of likely N-dealkylation sites (tertiary alicyclic amines) is 1. The van der Waals surface area contributed by atoms with Crippen molar-refractivity contribution >= 4 is 5.82 Å². The molecule has 4 heterocycles. The minimum atomic E-state index is 0.671. The zero-order valence-electron chi connectivity index (χ0n) is 15.4. The van der Waals surface area contributed by atoms with E-state index in [4.69, 9.17) is 0 Å². The molecular weight excluding hydrogens is 324 g/mol. The highest BCUT2D eigenvalue weighted by Crippen LogP contribution is 2.37. The van der Waals surface area contributed by atoms with Gasteiger partial charge in [0.25, 0.3) is 0 Å². The first-order chi connectivity index (χ1) is 12.7. The van der Waals surface area contributed by atoms with Crippen molar-refractivity contribution < 1.29 is 0 Å². The highest BCUT2D eigenvalue weighted by atomic mass is 15.3. The van der Waals surface area contributed by atoms with E-state index < -0.39 is 0 Å². The zero-order valence-corrected chi connectivity index (χ0v) is 15.4. The highest BCUT2D eigenvalue weighted by molar-refractivity contribution is 5.42. The number of fused-ring (bicyclic) bond motifs is 1. The maximum atomic E-state index is 4.60. The quantitative estimate of drug-likeness (QED) is 0.844. The normalized spacial score (nSPS) is 26.1. The van der Waals surface area contributed by atoms with Crippen LogP contribution in [0.3, 0.4) is 0 Å². The molecule has 0 spiro atoms. The number of anilines is 1. The van der Waals surface area contributed by atoms with Crippen LogP contribution in [0, 0.1) is 18.8 Å². The Labute approximate surface area is 154 Å². The number of aromatic nitrogens is 4. The number of aryl methyl sites for hydroxylation is 1. The fraction of sp³-hybridized carbons (Fsp3) is 0.600. The van der Waals surface area contributed by atoms with Crippen LogP contribution in [0.4, 0.5) is 5.82 Å². The van der Waals surface area contributed by atoms with E-state index in [1.54, 1.807) is 6.33 Å². The van der Waals surface area contributed by atoms with Gasteiger partial charge in [-0.05, 0) is 31.6 Å². The number of hydrogen-bond acceptors (Lipinski definition) is 6. The summed E-state index contributed by atoms with van der Waals surface area (Å²) >= 11 is 0. The zero-order chi connectivity index (χ0) is 17.5. The average Bonchev–Trinajstić information content (AvgIpc) is 3.12. The molecule has 1 aliphatic carbocycles. The van der Waals surface area contributed by atoms with E-state index in [-0.39, 0.29) is 0 Å². The first kappa shape index (κ1) is 16.1. The van der Waals surface area contributed by atoms with Gasteiger partial charge in [-0.25, -0.2) is 9.97 Å². The van der Waals surface area contributed by atoms with Crippen molar-refractivity contribution in [3.8, 4) is 0 Å². The Balaban J connectivity index is 1.22. The molecule has 2 aliphatic heterocycles.